The van der Waals surface area contributed by atoms with Crippen molar-refractivity contribution in [2.45, 2.75) is 13.0 Å². The van der Waals surface area contributed by atoms with Crippen LogP contribution in [0, 0.1) is 12.7 Å². The Morgan fingerprint density at radius 3 is 2.95 bits per heavy atom. The van der Waals surface area contributed by atoms with Gasteiger partial charge in [0.1, 0.15) is 11.6 Å². The van der Waals surface area contributed by atoms with Crippen LogP contribution in [0.4, 0.5) is 4.39 Å². The predicted molar refractivity (Wildman–Crippen MR) is 81.0 cm³/mol. The molecule has 1 atom stereocenters. The van der Waals surface area contributed by atoms with Crippen LogP contribution in [-0.4, -0.2) is 52.4 Å². The first-order chi connectivity index (χ1) is 10.6. The zero-order valence-electron chi connectivity index (χ0n) is 12.7. The largest absolute Gasteiger partial charge is 0.347 e. The van der Waals surface area contributed by atoms with Gasteiger partial charge in [-0.1, -0.05) is 11.6 Å². The van der Waals surface area contributed by atoms with Crippen LogP contribution in [0.2, 0.25) is 0 Å². The number of nitrogens with zero attached hydrogens (tertiary/aromatic N) is 3. The van der Waals surface area contributed by atoms with Crippen LogP contribution in [-0.2, 0) is 0 Å². The molecule has 1 N–H and O–H groups in total. The highest BCUT2D eigenvalue weighted by Gasteiger charge is 2.31. The van der Waals surface area contributed by atoms with Gasteiger partial charge in [-0.05, 0) is 26.1 Å². The Morgan fingerprint density at radius 2 is 2.23 bits per heavy atom. The molecule has 0 bridgehead atoms. The van der Waals surface area contributed by atoms with Gasteiger partial charge in [-0.25, -0.2) is 9.37 Å². The number of rotatable bonds is 2. The van der Waals surface area contributed by atoms with Crippen molar-refractivity contribution in [1.29, 1.82) is 0 Å². The van der Waals surface area contributed by atoms with Gasteiger partial charge in [0.15, 0.2) is 0 Å². The molecule has 22 heavy (non-hydrogen) atoms. The molecular weight excluding hydrogens is 283 g/mol. The van der Waals surface area contributed by atoms with Crippen LogP contribution >= 0.6 is 0 Å². The highest BCUT2D eigenvalue weighted by Crippen LogP contribution is 2.23. The molecule has 0 spiro atoms. The maximum atomic E-state index is 13.9. The van der Waals surface area contributed by atoms with Crippen LogP contribution in [0.5, 0.6) is 0 Å². The van der Waals surface area contributed by atoms with Gasteiger partial charge < -0.3 is 9.88 Å². The van der Waals surface area contributed by atoms with Gasteiger partial charge in [-0.3, -0.25) is 9.69 Å². The number of benzene rings is 1. The normalized spacial score (nSPS) is 19.4. The molecule has 0 radical (unpaired) electrons. The summed E-state index contributed by atoms with van der Waals surface area (Å²) in [5.41, 5.74) is 1.02. The van der Waals surface area contributed by atoms with Gasteiger partial charge in [0.05, 0.1) is 11.6 Å². The molecule has 1 aromatic carbocycles. The second kappa shape index (κ2) is 5.88. The van der Waals surface area contributed by atoms with E-state index in [1.807, 2.05) is 14.0 Å². The van der Waals surface area contributed by atoms with Gasteiger partial charge in [0, 0.05) is 32.0 Å². The maximum Gasteiger partial charge on any atom is 0.256 e. The smallest absolute Gasteiger partial charge is 0.256 e. The van der Waals surface area contributed by atoms with Crippen LogP contribution in [0.25, 0.3) is 0 Å². The van der Waals surface area contributed by atoms with Crippen molar-refractivity contribution in [2.24, 2.45) is 0 Å². The summed E-state index contributed by atoms with van der Waals surface area (Å²) in [5.74, 6) is 0.0969. The van der Waals surface area contributed by atoms with Gasteiger partial charge in [0.25, 0.3) is 5.91 Å². The van der Waals surface area contributed by atoms with Gasteiger partial charge in [-0.15, -0.1) is 0 Å². The standard InChI is InChI=1S/C16H19FN4O/c1-11-3-4-13(17)12(9-11)16(22)21-8-7-20(2)14(10-21)15-18-5-6-19-15/h3-6,9,14H,7-8,10H2,1-2H3,(H,18,19). The number of aromatic nitrogens is 2. The molecule has 5 nitrogen and oxygen atoms in total. The van der Waals surface area contributed by atoms with Crippen molar-refractivity contribution in [2.75, 3.05) is 26.7 Å². The monoisotopic (exact) mass is 302 g/mol. The third kappa shape index (κ3) is 2.74. The number of carbonyl (C=O) groups excluding carboxylic acids is 1. The molecule has 1 fully saturated rings. The number of hydrogen-bond acceptors (Lipinski definition) is 3. The van der Waals surface area contributed by atoms with E-state index in [1.54, 1.807) is 29.4 Å². The van der Waals surface area contributed by atoms with E-state index in [-0.39, 0.29) is 17.5 Å². The fourth-order valence-electron chi connectivity index (χ4n) is 2.79. The van der Waals surface area contributed by atoms with E-state index in [9.17, 15) is 9.18 Å². The third-order valence-corrected chi connectivity index (χ3v) is 4.12. The zero-order chi connectivity index (χ0) is 15.7. The second-order valence-electron chi connectivity index (χ2n) is 5.71. The van der Waals surface area contributed by atoms with E-state index in [2.05, 4.69) is 14.9 Å². The lowest BCUT2D eigenvalue weighted by Gasteiger charge is -2.38. The number of aryl methyl sites for hydroxylation is 1. The molecule has 6 heteroatoms. The molecule has 0 aliphatic carbocycles. The van der Waals surface area contributed by atoms with Crippen molar-refractivity contribution < 1.29 is 9.18 Å². The molecule has 1 amide bonds. The quantitative estimate of drug-likeness (QED) is 0.923. The number of imidazole rings is 1. The Kier molecular flexibility index (Phi) is 3.94. The lowest BCUT2D eigenvalue weighted by atomic mass is 10.1. The second-order valence-corrected chi connectivity index (χ2v) is 5.71. The Bertz CT molecular complexity index is 671. The average Bonchev–Trinajstić information content (AvgIpc) is 3.03. The summed E-state index contributed by atoms with van der Waals surface area (Å²) in [6.07, 6.45) is 3.47. The molecule has 3 rings (SSSR count). The molecule has 1 aromatic heterocycles. The fourth-order valence-corrected chi connectivity index (χ4v) is 2.79. The topological polar surface area (TPSA) is 52.2 Å². The summed E-state index contributed by atoms with van der Waals surface area (Å²) < 4.78 is 13.9. The minimum Gasteiger partial charge on any atom is -0.347 e. The molecule has 0 saturated carbocycles. The number of halogens is 1. The minimum atomic E-state index is -0.468. The van der Waals surface area contributed by atoms with Gasteiger partial charge in [0.2, 0.25) is 0 Å². The lowest BCUT2D eigenvalue weighted by Crippen LogP contribution is -2.49. The summed E-state index contributed by atoms with van der Waals surface area (Å²) in [6, 6.07) is 4.63. The van der Waals surface area contributed by atoms with E-state index in [0.29, 0.717) is 13.1 Å². The molecule has 2 heterocycles. The number of aromatic amines is 1. The van der Waals surface area contributed by atoms with Crippen molar-refractivity contribution in [1.82, 2.24) is 19.8 Å². The van der Waals surface area contributed by atoms with Crippen LogP contribution < -0.4 is 0 Å². The average molecular weight is 302 g/mol. The minimum absolute atomic E-state index is 0.000528. The summed E-state index contributed by atoms with van der Waals surface area (Å²) in [5, 5.41) is 0. The van der Waals surface area contributed by atoms with Crippen LogP contribution in [0.15, 0.2) is 30.6 Å². The highest BCUT2D eigenvalue weighted by molar-refractivity contribution is 5.94. The van der Waals surface area contributed by atoms with E-state index >= 15 is 0 Å². The number of carbonyl (C=O) groups is 1. The molecule has 1 saturated heterocycles. The Balaban J connectivity index is 1.83. The summed E-state index contributed by atoms with van der Waals surface area (Å²) >= 11 is 0. The summed E-state index contributed by atoms with van der Waals surface area (Å²) in [6.45, 7) is 3.66. The number of H-pyrrole nitrogens is 1. The molecule has 116 valence electrons. The van der Waals surface area contributed by atoms with Crippen LogP contribution in [0.1, 0.15) is 27.8 Å². The van der Waals surface area contributed by atoms with Crippen molar-refractivity contribution >= 4 is 5.91 Å². The Labute approximate surface area is 128 Å². The fraction of sp³-hybridized carbons (Fsp3) is 0.375. The number of amides is 1. The van der Waals surface area contributed by atoms with E-state index in [1.165, 1.54) is 6.07 Å². The van der Waals surface area contributed by atoms with Crippen molar-refractivity contribution in [3.05, 3.63) is 53.4 Å². The number of hydrogen-bond donors (Lipinski definition) is 1. The van der Waals surface area contributed by atoms with Gasteiger partial charge >= 0.3 is 0 Å². The first-order valence-corrected chi connectivity index (χ1v) is 7.31. The third-order valence-electron chi connectivity index (χ3n) is 4.12. The first kappa shape index (κ1) is 14.7. The van der Waals surface area contributed by atoms with E-state index in [0.717, 1.165) is 17.9 Å². The van der Waals surface area contributed by atoms with Crippen LogP contribution in [0.3, 0.4) is 0 Å². The van der Waals surface area contributed by atoms with E-state index < -0.39 is 5.82 Å². The molecule has 1 unspecified atom stereocenters. The van der Waals surface area contributed by atoms with Crippen molar-refractivity contribution in [3.8, 4) is 0 Å². The summed E-state index contributed by atoms with van der Waals surface area (Å²) in [7, 11) is 2.00. The molecular formula is C16H19FN4O. The lowest BCUT2D eigenvalue weighted by molar-refractivity contribution is 0.0530. The Hall–Kier alpha value is -2.21. The molecule has 1 aliphatic heterocycles. The van der Waals surface area contributed by atoms with Gasteiger partial charge in [-0.2, -0.15) is 0 Å². The number of nitrogens with one attached hydrogen (secondary N) is 1. The van der Waals surface area contributed by atoms with Crippen molar-refractivity contribution in [3.63, 3.8) is 0 Å². The number of likely N-dealkylation sites (N-methyl/N-ethyl adjacent to an activating group) is 1. The van der Waals surface area contributed by atoms with E-state index in [4.69, 9.17) is 0 Å². The molecule has 1 aliphatic rings. The Morgan fingerprint density at radius 1 is 1.41 bits per heavy atom. The molecule has 2 aromatic rings. The summed E-state index contributed by atoms with van der Waals surface area (Å²) in [4.78, 5) is 23.9. The SMILES string of the molecule is Cc1ccc(F)c(C(=O)N2CCN(C)C(c3ncc[nH]3)C2)c1. The highest BCUT2D eigenvalue weighted by atomic mass is 19.1. The maximum absolute atomic E-state index is 13.9. The predicted octanol–water partition coefficient (Wildman–Crippen LogP) is 1.99. The number of piperazine rings is 1. The first-order valence-electron chi connectivity index (χ1n) is 7.31. The zero-order valence-corrected chi connectivity index (χ0v) is 12.7.